The summed E-state index contributed by atoms with van der Waals surface area (Å²) in [5.41, 5.74) is 0. The normalized spacial score (nSPS) is 23.7. The van der Waals surface area contributed by atoms with Crippen molar-refractivity contribution in [1.82, 2.24) is 5.32 Å². The summed E-state index contributed by atoms with van der Waals surface area (Å²) < 4.78 is 11.1. The largest absolute Gasteiger partial charge is 0.394 e. The molecule has 44 heavy (non-hydrogen) atoms. The molecule has 0 radical (unpaired) electrons. The summed E-state index contributed by atoms with van der Waals surface area (Å²) >= 11 is 0. The SMILES string of the molecule is CCCCCCCCCC/C=C/CCCC[C@@H](O)[C@H](CO[C@@H]1O[C@H](CO)[C@@H](O)C(O)C1O)NC(=O)CCCCCCCCC. The number of allylic oxidation sites excluding steroid dienone is 2. The lowest BCUT2D eigenvalue weighted by molar-refractivity contribution is -0.302. The zero-order valence-electron chi connectivity index (χ0n) is 27.9. The minimum atomic E-state index is -1.55. The molecule has 0 spiro atoms. The van der Waals surface area contributed by atoms with E-state index in [4.69, 9.17) is 9.47 Å². The van der Waals surface area contributed by atoms with E-state index in [-0.39, 0.29) is 12.5 Å². The highest BCUT2D eigenvalue weighted by molar-refractivity contribution is 5.76. The number of carbonyl (C=O) groups is 1. The topological polar surface area (TPSA) is 149 Å². The number of amides is 1. The smallest absolute Gasteiger partial charge is 0.220 e. The summed E-state index contributed by atoms with van der Waals surface area (Å²) in [6.07, 6.45) is 19.5. The molecule has 0 aromatic heterocycles. The molecule has 7 atom stereocenters. The predicted octanol–water partition coefficient (Wildman–Crippen LogP) is 5.44. The number of hydrogen-bond donors (Lipinski definition) is 6. The summed E-state index contributed by atoms with van der Waals surface area (Å²) in [5, 5.41) is 53.8. The molecular weight excluding hydrogens is 562 g/mol. The van der Waals surface area contributed by atoms with E-state index in [1.807, 2.05) is 0 Å². The third kappa shape index (κ3) is 18.8. The zero-order valence-corrected chi connectivity index (χ0v) is 27.9. The van der Waals surface area contributed by atoms with Gasteiger partial charge in [0.1, 0.15) is 24.4 Å². The molecule has 1 aliphatic rings. The molecule has 1 amide bonds. The average Bonchev–Trinajstić information content (AvgIpc) is 3.02. The second-order valence-electron chi connectivity index (χ2n) is 12.7. The number of hydrogen-bond acceptors (Lipinski definition) is 8. The summed E-state index contributed by atoms with van der Waals surface area (Å²) in [5.74, 6) is -0.163. The van der Waals surface area contributed by atoms with Crippen molar-refractivity contribution in [2.75, 3.05) is 13.2 Å². The van der Waals surface area contributed by atoms with Crippen LogP contribution in [0.1, 0.15) is 149 Å². The van der Waals surface area contributed by atoms with Crippen LogP contribution in [0.3, 0.4) is 0 Å². The highest BCUT2D eigenvalue weighted by Gasteiger charge is 2.44. The van der Waals surface area contributed by atoms with Crippen LogP contribution in [-0.2, 0) is 14.3 Å². The number of carbonyl (C=O) groups excluding carboxylic acids is 1. The molecule has 6 N–H and O–H groups in total. The molecule has 0 aromatic rings. The lowest BCUT2D eigenvalue weighted by atomic mass is 9.99. The minimum absolute atomic E-state index is 0.148. The molecule has 0 saturated carbocycles. The van der Waals surface area contributed by atoms with Crippen molar-refractivity contribution in [2.45, 2.75) is 192 Å². The number of ether oxygens (including phenoxy) is 2. The zero-order chi connectivity index (χ0) is 32.4. The fourth-order valence-corrected chi connectivity index (χ4v) is 5.62. The van der Waals surface area contributed by atoms with Crippen molar-refractivity contribution in [3.05, 3.63) is 12.2 Å². The first-order chi connectivity index (χ1) is 21.3. The Kier molecular flexibility index (Phi) is 25.2. The van der Waals surface area contributed by atoms with Gasteiger partial charge in [0, 0.05) is 6.42 Å². The van der Waals surface area contributed by atoms with Crippen LogP contribution in [0.25, 0.3) is 0 Å². The van der Waals surface area contributed by atoms with Crippen molar-refractivity contribution < 1.29 is 39.8 Å². The summed E-state index contributed by atoms with van der Waals surface area (Å²) in [4.78, 5) is 12.7. The van der Waals surface area contributed by atoms with E-state index >= 15 is 0 Å². The van der Waals surface area contributed by atoms with Crippen LogP contribution in [0.2, 0.25) is 0 Å². The molecule has 260 valence electrons. The highest BCUT2D eigenvalue weighted by atomic mass is 16.7. The molecule has 1 heterocycles. The molecule has 9 nitrogen and oxygen atoms in total. The van der Waals surface area contributed by atoms with E-state index < -0.39 is 49.5 Å². The van der Waals surface area contributed by atoms with E-state index in [9.17, 15) is 30.3 Å². The van der Waals surface area contributed by atoms with E-state index in [1.54, 1.807) is 0 Å². The van der Waals surface area contributed by atoms with Crippen LogP contribution in [0.4, 0.5) is 0 Å². The van der Waals surface area contributed by atoms with Crippen LogP contribution in [-0.4, -0.2) is 87.5 Å². The molecule has 1 aliphatic heterocycles. The van der Waals surface area contributed by atoms with Crippen molar-refractivity contribution in [2.24, 2.45) is 0 Å². The third-order valence-electron chi connectivity index (χ3n) is 8.62. The summed E-state index contributed by atoms with van der Waals surface area (Å²) in [6.45, 7) is 3.73. The molecule has 2 unspecified atom stereocenters. The Bertz CT molecular complexity index is 706. The van der Waals surface area contributed by atoms with Gasteiger partial charge in [-0.3, -0.25) is 4.79 Å². The lowest BCUT2D eigenvalue weighted by Gasteiger charge is -2.40. The Labute approximate surface area is 267 Å². The van der Waals surface area contributed by atoms with Crippen molar-refractivity contribution in [3.8, 4) is 0 Å². The monoisotopic (exact) mass is 629 g/mol. The van der Waals surface area contributed by atoms with Crippen LogP contribution in [0.5, 0.6) is 0 Å². The number of aliphatic hydroxyl groups is 5. The van der Waals surface area contributed by atoms with Gasteiger partial charge in [-0.05, 0) is 38.5 Å². The van der Waals surface area contributed by atoms with Crippen LogP contribution < -0.4 is 5.32 Å². The first-order valence-electron chi connectivity index (χ1n) is 17.9. The van der Waals surface area contributed by atoms with Crippen LogP contribution in [0.15, 0.2) is 12.2 Å². The number of rotatable bonds is 28. The Morgan fingerprint density at radius 1 is 0.750 bits per heavy atom. The quantitative estimate of drug-likeness (QED) is 0.0495. The van der Waals surface area contributed by atoms with Crippen LogP contribution in [0, 0.1) is 0 Å². The molecule has 1 saturated heterocycles. The molecule has 0 aliphatic carbocycles. The van der Waals surface area contributed by atoms with Crippen molar-refractivity contribution in [1.29, 1.82) is 0 Å². The van der Waals surface area contributed by atoms with Gasteiger partial charge in [0.05, 0.1) is 25.4 Å². The van der Waals surface area contributed by atoms with Crippen molar-refractivity contribution >= 4 is 5.91 Å². The highest BCUT2D eigenvalue weighted by Crippen LogP contribution is 2.22. The predicted molar refractivity (Wildman–Crippen MR) is 175 cm³/mol. The molecule has 9 heteroatoms. The van der Waals surface area contributed by atoms with Gasteiger partial charge in [0.25, 0.3) is 0 Å². The molecule has 0 bridgehead atoms. The molecule has 1 fully saturated rings. The maximum atomic E-state index is 12.7. The molecule has 0 aromatic carbocycles. The van der Waals surface area contributed by atoms with E-state index in [1.165, 1.54) is 77.0 Å². The maximum Gasteiger partial charge on any atom is 0.220 e. The van der Waals surface area contributed by atoms with Gasteiger partial charge in [-0.1, -0.05) is 116 Å². The van der Waals surface area contributed by atoms with E-state index in [2.05, 4.69) is 31.3 Å². The van der Waals surface area contributed by atoms with Gasteiger partial charge in [0.2, 0.25) is 5.91 Å². The van der Waals surface area contributed by atoms with E-state index in [0.29, 0.717) is 12.8 Å². The average molecular weight is 630 g/mol. The Balaban J connectivity index is 2.46. The van der Waals surface area contributed by atoms with Gasteiger partial charge in [0.15, 0.2) is 6.29 Å². The fourth-order valence-electron chi connectivity index (χ4n) is 5.62. The van der Waals surface area contributed by atoms with Crippen LogP contribution >= 0.6 is 0 Å². The second-order valence-corrected chi connectivity index (χ2v) is 12.7. The van der Waals surface area contributed by atoms with Gasteiger partial charge >= 0.3 is 0 Å². The second kappa shape index (κ2) is 27.1. The lowest BCUT2D eigenvalue weighted by Crippen LogP contribution is -2.60. The first kappa shape index (κ1) is 41.0. The molecule has 1 rings (SSSR count). The minimum Gasteiger partial charge on any atom is -0.394 e. The standard InChI is InChI=1S/C35H67NO8/c1-3-5-7-9-11-12-13-14-15-16-17-19-20-22-24-29(38)28(36-31(39)25-23-21-18-10-8-6-4-2)27-43-35-34(42)33(41)32(40)30(26-37)44-35/h16-17,28-30,32-35,37-38,40-42H,3-15,18-27H2,1-2H3,(H,36,39)/b17-16+/t28-,29+,30+,32+,33?,34?,35+/m0/s1. The van der Waals surface area contributed by atoms with E-state index in [0.717, 1.165) is 44.9 Å². The van der Waals surface area contributed by atoms with Gasteiger partial charge in [-0.25, -0.2) is 0 Å². The van der Waals surface area contributed by atoms with Gasteiger partial charge in [-0.2, -0.15) is 0 Å². The Morgan fingerprint density at radius 2 is 1.27 bits per heavy atom. The van der Waals surface area contributed by atoms with Gasteiger partial charge in [-0.15, -0.1) is 0 Å². The maximum absolute atomic E-state index is 12.7. The fraction of sp³-hybridized carbons (Fsp3) is 0.914. The third-order valence-corrected chi connectivity index (χ3v) is 8.62. The first-order valence-corrected chi connectivity index (χ1v) is 17.9. The Hall–Kier alpha value is -1.07. The molecular formula is C35H67NO8. The van der Waals surface area contributed by atoms with Gasteiger partial charge < -0.3 is 40.3 Å². The van der Waals surface area contributed by atoms with Crippen molar-refractivity contribution in [3.63, 3.8) is 0 Å². The number of aliphatic hydroxyl groups excluding tert-OH is 5. The number of unbranched alkanes of at least 4 members (excludes halogenated alkanes) is 16. The Morgan fingerprint density at radius 3 is 1.84 bits per heavy atom. The summed E-state index contributed by atoms with van der Waals surface area (Å²) in [6, 6.07) is -0.725. The number of nitrogens with one attached hydrogen (secondary N) is 1. The summed E-state index contributed by atoms with van der Waals surface area (Å²) in [7, 11) is 0.